The number of hydrogen-bond donors (Lipinski definition) is 0. The number of benzene rings is 3. The van der Waals surface area contributed by atoms with Crippen LogP contribution in [0, 0.1) is 36.4 Å². The third kappa shape index (κ3) is 2.94. The van der Waals surface area contributed by atoms with Crippen LogP contribution in [0.25, 0.3) is 44.3 Å². The largest absolute Gasteiger partial charge is 0.454 e. The molecule has 4 heteroatoms. The summed E-state index contributed by atoms with van der Waals surface area (Å²) >= 11 is 0. The summed E-state index contributed by atoms with van der Waals surface area (Å²) < 4.78 is 39.7. The third-order valence-electron chi connectivity index (χ3n) is 5.75. The highest BCUT2D eigenvalue weighted by molar-refractivity contribution is 6.14. The lowest BCUT2D eigenvalue weighted by Gasteiger charge is -2.06. The highest BCUT2D eigenvalue weighted by Gasteiger charge is 2.23. The third-order valence-corrected chi connectivity index (χ3v) is 5.75. The number of nitriles is 2. The number of fused-ring (bicyclic) bond motifs is 3. The summed E-state index contributed by atoms with van der Waals surface area (Å²) in [5, 5.41) is 20.7. The predicted molar refractivity (Wildman–Crippen MR) is 125 cm³/mol. The summed E-state index contributed by atoms with van der Waals surface area (Å²) in [7, 11) is 1.67. The van der Waals surface area contributed by atoms with E-state index in [9.17, 15) is 5.26 Å². The molecule has 0 unspecified atom stereocenters. The molecule has 0 N–H and O–H groups in total. The number of aryl methyl sites for hydroxylation is 2. The highest BCUT2D eigenvalue weighted by Crippen LogP contribution is 2.41. The maximum absolute atomic E-state index is 9.84. The van der Waals surface area contributed by atoms with E-state index in [-0.39, 0.29) is 11.7 Å². The average Bonchev–Trinajstić information content (AvgIpc) is 3.23. The van der Waals surface area contributed by atoms with Gasteiger partial charge >= 0.3 is 0 Å². The van der Waals surface area contributed by atoms with Crippen molar-refractivity contribution >= 4 is 21.9 Å². The molecule has 0 amide bonds. The van der Waals surface area contributed by atoms with Crippen LogP contribution in [-0.2, 0) is 7.05 Å². The molecular weight excluding hydrogens is 394 g/mol. The van der Waals surface area contributed by atoms with Crippen molar-refractivity contribution < 1.29 is 14.5 Å². The van der Waals surface area contributed by atoms with Crippen molar-refractivity contribution in [3.05, 3.63) is 89.1 Å². The second kappa shape index (κ2) is 7.38. The van der Waals surface area contributed by atoms with Gasteiger partial charge in [0.2, 0.25) is 5.69 Å². The van der Waals surface area contributed by atoms with Crippen LogP contribution < -0.4 is 4.57 Å². The van der Waals surface area contributed by atoms with Crippen LogP contribution in [0.3, 0.4) is 0 Å². The van der Waals surface area contributed by atoms with E-state index in [0.717, 1.165) is 27.5 Å². The van der Waals surface area contributed by atoms with Crippen LogP contribution in [0.5, 0.6) is 0 Å². The van der Waals surface area contributed by atoms with E-state index in [0.29, 0.717) is 33.6 Å². The van der Waals surface area contributed by atoms with Gasteiger partial charge in [-0.25, -0.2) is 4.57 Å². The van der Waals surface area contributed by atoms with Gasteiger partial charge in [0, 0.05) is 32.1 Å². The quantitative estimate of drug-likeness (QED) is 0.325. The number of rotatable bonds is 2. The van der Waals surface area contributed by atoms with E-state index in [2.05, 4.69) is 12.1 Å². The van der Waals surface area contributed by atoms with Crippen LogP contribution >= 0.6 is 0 Å². The Hall–Kier alpha value is -4.41. The van der Waals surface area contributed by atoms with Crippen molar-refractivity contribution in [2.24, 2.45) is 7.05 Å². The topological polar surface area (TPSA) is 64.6 Å². The standard InChI is InChI=1S/C28H20N3O/c1-17-4-13-24(31(3)16-17)25-18(2)5-11-22-23-12-10-21(15-30)26(28(23)32-27(22)25)20-8-6-19(14-29)7-9-20/h4-13,16H,1-3H3/q+1/i1D3,16D. The van der Waals surface area contributed by atoms with Gasteiger partial charge in [-0.2, -0.15) is 10.5 Å². The number of hydrogen-bond acceptors (Lipinski definition) is 3. The zero-order valence-electron chi connectivity index (χ0n) is 21.5. The van der Waals surface area contributed by atoms with Gasteiger partial charge in [0.25, 0.3) is 0 Å². The van der Waals surface area contributed by atoms with Crippen molar-refractivity contribution in [2.75, 3.05) is 0 Å². The van der Waals surface area contributed by atoms with E-state index >= 15 is 0 Å². The molecule has 4 nitrogen and oxygen atoms in total. The van der Waals surface area contributed by atoms with Crippen molar-refractivity contribution in [2.45, 2.75) is 13.8 Å². The van der Waals surface area contributed by atoms with E-state index in [1.165, 1.54) is 6.07 Å². The molecule has 0 saturated carbocycles. The van der Waals surface area contributed by atoms with Gasteiger partial charge in [0.1, 0.15) is 19.6 Å². The first-order chi connectivity index (χ1) is 17.2. The van der Waals surface area contributed by atoms with Gasteiger partial charge in [0.05, 0.1) is 28.8 Å². The average molecular weight is 419 g/mol. The zero-order valence-corrected chi connectivity index (χ0v) is 17.5. The molecule has 2 aromatic heterocycles. The molecule has 32 heavy (non-hydrogen) atoms. The molecule has 0 aliphatic carbocycles. The number of pyridine rings is 1. The monoisotopic (exact) mass is 418 g/mol. The van der Waals surface area contributed by atoms with Crippen LogP contribution in [-0.4, -0.2) is 0 Å². The molecule has 0 atom stereocenters. The van der Waals surface area contributed by atoms with Gasteiger partial charge in [0.15, 0.2) is 6.17 Å². The predicted octanol–water partition coefficient (Wildman–Crippen LogP) is 6.10. The van der Waals surface area contributed by atoms with Gasteiger partial charge in [-0.05, 0) is 55.2 Å². The lowest BCUT2D eigenvalue weighted by molar-refractivity contribution is -0.660. The van der Waals surface area contributed by atoms with Crippen molar-refractivity contribution in [3.8, 4) is 34.5 Å². The SMILES string of the molecule is [2H]c1c(C([2H])([2H])[2H])ccc(-c2c(C)ccc3c2oc2c(-c4ccc(C#N)cc4)c(C#N)ccc23)[n+]1C. The Bertz CT molecular complexity index is 1770. The highest BCUT2D eigenvalue weighted by atomic mass is 16.3. The van der Waals surface area contributed by atoms with Crippen molar-refractivity contribution in [1.82, 2.24) is 0 Å². The Morgan fingerprint density at radius 1 is 0.875 bits per heavy atom. The smallest absolute Gasteiger partial charge is 0.216 e. The second-order valence-electron chi connectivity index (χ2n) is 7.71. The summed E-state index contributed by atoms with van der Waals surface area (Å²) in [6, 6.07) is 22.1. The Labute approximate surface area is 191 Å². The first-order valence-corrected chi connectivity index (χ1v) is 10.1. The Kier molecular flexibility index (Phi) is 3.55. The molecule has 3 aromatic carbocycles. The summed E-state index contributed by atoms with van der Waals surface area (Å²) in [6.07, 6.45) is -0.0925. The molecule has 5 rings (SSSR count). The number of furan rings is 1. The van der Waals surface area contributed by atoms with Gasteiger partial charge in [-0.1, -0.05) is 24.3 Å². The van der Waals surface area contributed by atoms with Crippen LogP contribution in [0.2, 0.25) is 0 Å². The fourth-order valence-electron chi connectivity index (χ4n) is 4.21. The van der Waals surface area contributed by atoms with Gasteiger partial charge in [-0.15, -0.1) is 0 Å². The minimum absolute atomic E-state index is 0.0232. The maximum Gasteiger partial charge on any atom is 0.216 e. The molecule has 0 bridgehead atoms. The minimum Gasteiger partial charge on any atom is -0.454 e. The Morgan fingerprint density at radius 2 is 1.59 bits per heavy atom. The lowest BCUT2D eigenvalue weighted by atomic mass is 9.95. The van der Waals surface area contributed by atoms with Crippen LogP contribution in [0.4, 0.5) is 0 Å². The zero-order chi connectivity index (χ0) is 25.8. The number of nitrogens with zero attached hydrogens (tertiary/aromatic N) is 3. The maximum atomic E-state index is 9.84. The molecule has 0 aliphatic heterocycles. The summed E-state index contributed by atoms with van der Waals surface area (Å²) in [4.78, 5) is 0. The fourth-order valence-corrected chi connectivity index (χ4v) is 4.21. The molecule has 5 aromatic rings. The minimum atomic E-state index is -2.39. The number of aromatic nitrogens is 1. The van der Waals surface area contributed by atoms with E-state index < -0.39 is 6.85 Å². The Morgan fingerprint density at radius 3 is 2.28 bits per heavy atom. The first kappa shape index (κ1) is 15.4. The molecule has 0 radical (unpaired) electrons. The Balaban J connectivity index is 1.84. The fraction of sp³-hybridized carbons (Fsp3) is 0.107. The molecule has 0 aliphatic rings. The molecule has 152 valence electrons. The second-order valence-corrected chi connectivity index (χ2v) is 7.71. The first-order valence-electron chi connectivity index (χ1n) is 12.1. The molecule has 2 heterocycles. The van der Waals surface area contributed by atoms with E-state index in [1.807, 2.05) is 25.1 Å². The molecule has 0 saturated heterocycles. The van der Waals surface area contributed by atoms with Crippen molar-refractivity contribution in [3.63, 3.8) is 0 Å². The molecule has 0 spiro atoms. The summed E-state index contributed by atoms with van der Waals surface area (Å²) in [5.74, 6) is 0. The van der Waals surface area contributed by atoms with Crippen LogP contribution in [0.15, 0.2) is 71.3 Å². The van der Waals surface area contributed by atoms with E-state index in [1.54, 1.807) is 48.0 Å². The molecule has 0 fully saturated rings. The van der Waals surface area contributed by atoms with Gasteiger partial charge < -0.3 is 4.42 Å². The molecular formula is C28H20N3O+. The summed E-state index contributed by atoms with van der Waals surface area (Å²) in [6.45, 7) is -0.455. The van der Waals surface area contributed by atoms with E-state index in [4.69, 9.17) is 15.2 Å². The summed E-state index contributed by atoms with van der Waals surface area (Å²) in [5.41, 5.74) is 5.79. The lowest BCUT2D eigenvalue weighted by Crippen LogP contribution is -2.31. The van der Waals surface area contributed by atoms with Crippen molar-refractivity contribution in [1.29, 1.82) is 10.5 Å². The normalized spacial score (nSPS) is 13.1. The van der Waals surface area contributed by atoms with Crippen LogP contribution in [0.1, 0.15) is 27.7 Å². The van der Waals surface area contributed by atoms with Gasteiger partial charge in [-0.3, -0.25) is 0 Å².